The molecule has 0 aromatic carbocycles. The van der Waals surface area contributed by atoms with Crippen LogP contribution in [0.2, 0.25) is 0 Å². The van der Waals surface area contributed by atoms with E-state index in [-0.39, 0.29) is 0 Å². The van der Waals surface area contributed by atoms with Crippen LogP contribution in [-0.2, 0) is 11.9 Å². The summed E-state index contributed by atoms with van der Waals surface area (Å²) in [7, 11) is 0. The Morgan fingerprint density at radius 3 is 2.56 bits per heavy atom. The summed E-state index contributed by atoms with van der Waals surface area (Å²) in [5.41, 5.74) is 0.0175. The molecule has 1 aromatic rings. The maximum absolute atomic E-state index is 12.2. The lowest BCUT2D eigenvalue weighted by molar-refractivity contribution is -0.141. The second kappa shape index (κ2) is 6.13. The molecule has 90 valence electrons. The van der Waals surface area contributed by atoms with E-state index in [0.717, 1.165) is 36.0 Å². The second-order valence-corrected chi connectivity index (χ2v) is 4.56. The summed E-state index contributed by atoms with van der Waals surface area (Å²) in [4.78, 5) is 3.41. The van der Waals surface area contributed by atoms with Crippen LogP contribution in [-0.4, -0.2) is 10.7 Å². The molecule has 0 bridgehead atoms. The van der Waals surface area contributed by atoms with E-state index in [9.17, 15) is 13.2 Å². The summed E-state index contributed by atoms with van der Waals surface area (Å²) >= 11 is 1.72. The van der Waals surface area contributed by atoms with Gasteiger partial charge >= 0.3 is 6.18 Å². The highest BCUT2D eigenvalue weighted by Crippen LogP contribution is 2.27. The van der Waals surface area contributed by atoms with E-state index in [1.807, 2.05) is 0 Å². The number of pyridine rings is 1. The third kappa shape index (κ3) is 4.43. The average Bonchev–Trinajstić information content (AvgIpc) is 2.24. The smallest absolute Gasteiger partial charge is 0.251 e. The highest BCUT2D eigenvalue weighted by molar-refractivity contribution is 7.98. The van der Waals surface area contributed by atoms with Crippen LogP contribution in [0.1, 0.15) is 31.0 Å². The molecule has 5 heteroatoms. The van der Waals surface area contributed by atoms with Crippen LogP contribution in [0, 0.1) is 0 Å². The zero-order valence-corrected chi connectivity index (χ0v) is 9.87. The molecule has 0 amide bonds. The number of thioether (sulfide) groups is 1. The van der Waals surface area contributed by atoms with Gasteiger partial charge in [0, 0.05) is 11.9 Å². The number of aromatic nitrogens is 1. The molecule has 1 heterocycles. The predicted molar refractivity (Wildman–Crippen MR) is 60.3 cm³/mol. The van der Waals surface area contributed by atoms with Gasteiger partial charge in [0.1, 0.15) is 5.69 Å². The topological polar surface area (TPSA) is 12.9 Å². The number of alkyl halides is 3. The van der Waals surface area contributed by atoms with Gasteiger partial charge in [0.2, 0.25) is 0 Å². The van der Waals surface area contributed by atoms with E-state index in [2.05, 4.69) is 11.9 Å². The molecule has 0 aliphatic rings. The molecule has 0 aliphatic carbocycles. The van der Waals surface area contributed by atoms with Crippen molar-refractivity contribution < 1.29 is 13.2 Å². The molecule has 0 spiro atoms. The molecular weight excluding hydrogens is 235 g/mol. The maximum atomic E-state index is 12.2. The van der Waals surface area contributed by atoms with Crippen molar-refractivity contribution in [2.45, 2.75) is 31.7 Å². The number of unbranched alkanes of at least 4 members (excludes halogenated alkanes) is 1. The fourth-order valence-corrected chi connectivity index (χ4v) is 2.16. The van der Waals surface area contributed by atoms with E-state index in [1.54, 1.807) is 11.8 Å². The molecule has 0 radical (unpaired) electrons. The van der Waals surface area contributed by atoms with E-state index < -0.39 is 11.9 Å². The molecule has 0 aliphatic heterocycles. The maximum Gasteiger partial charge on any atom is 0.433 e. The van der Waals surface area contributed by atoms with Crippen LogP contribution in [0.25, 0.3) is 0 Å². The van der Waals surface area contributed by atoms with Crippen molar-refractivity contribution in [3.05, 3.63) is 29.6 Å². The Balaban J connectivity index is 2.46. The minimum atomic E-state index is -4.34. The average molecular weight is 249 g/mol. The summed E-state index contributed by atoms with van der Waals surface area (Å²) < 4.78 is 36.6. The van der Waals surface area contributed by atoms with Gasteiger partial charge in [-0.2, -0.15) is 24.9 Å². The van der Waals surface area contributed by atoms with Gasteiger partial charge in [-0.05, 0) is 23.8 Å². The van der Waals surface area contributed by atoms with Crippen molar-refractivity contribution in [3.63, 3.8) is 0 Å². The van der Waals surface area contributed by atoms with Crippen LogP contribution < -0.4 is 0 Å². The van der Waals surface area contributed by atoms with Gasteiger partial charge in [-0.1, -0.05) is 19.4 Å². The fraction of sp³-hybridized carbons (Fsp3) is 0.545. The van der Waals surface area contributed by atoms with Gasteiger partial charge in [-0.25, -0.2) is 0 Å². The third-order valence-electron chi connectivity index (χ3n) is 2.03. The van der Waals surface area contributed by atoms with Gasteiger partial charge in [-0.3, -0.25) is 4.98 Å². The predicted octanol–water partition coefficient (Wildman–Crippen LogP) is 4.13. The van der Waals surface area contributed by atoms with Crippen molar-refractivity contribution in [1.82, 2.24) is 4.98 Å². The normalized spacial score (nSPS) is 11.8. The largest absolute Gasteiger partial charge is 0.433 e. The van der Waals surface area contributed by atoms with Crippen molar-refractivity contribution in [1.29, 1.82) is 0 Å². The minimum Gasteiger partial charge on any atom is -0.251 e. The van der Waals surface area contributed by atoms with Crippen LogP contribution in [0.3, 0.4) is 0 Å². The van der Waals surface area contributed by atoms with E-state index in [0.29, 0.717) is 0 Å². The second-order valence-electron chi connectivity index (χ2n) is 3.46. The van der Waals surface area contributed by atoms with Gasteiger partial charge in [0.25, 0.3) is 0 Å². The molecule has 0 saturated heterocycles. The Morgan fingerprint density at radius 2 is 2.06 bits per heavy atom. The third-order valence-corrected chi connectivity index (χ3v) is 3.14. The molecule has 0 N–H and O–H groups in total. The van der Waals surface area contributed by atoms with E-state index >= 15 is 0 Å². The number of rotatable bonds is 5. The van der Waals surface area contributed by atoms with Gasteiger partial charge in [0.05, 0.1) is 0 Å². The SMILES string of the molecule is CCCCSCc1ccc(C(F)(F)F)nc1. The first-order valence-corrected chi connectivity index (χ1v) is 6.29. The summed E-state index contributed by atoms with van der Waals surface area (Å²) in [6, 6.07) is 2.53. The molecule has 0 atom stereocenters. The summed E-state index contributed by atoms with van der Waals surface area (Å²) in [6.07, 6.45) is -0.757. The Hall–Kier alpha value is -0.710. The molecular formula is C11H14F3NS. The number of halogens is 3. The number of hydrogen-bond donors (Lipinski definition) is 0. The first-order chi connectivity index (χ1) is 7.54. The highest BCUT2D eigenvalue weighted by Gasteiger charge is 2.31. The quantitative estimate of drug-likeness (QED) is 0.728. The number of nitrogens with zero attached hydrogens (tertiary/aromatic N) is 1. The Labute approximate surface area is 97.5 Å². The van der Waals surface area contributed by atoms with E-state index in [4.69, 9.17) is 0 Å². The molecule has 0 unspecified atom stereocenters. The molecule has 0 saturated carbocycles. The van der Waals surface area contributed by atoms with Crippen LogP contribution in [0.4, 0.5) is 13.2 Å². The molecule has 1 nitrogen and oxygen atoms in total. The summed E-state index contributed by atoms with van der Waals surface area (Å²) in [6.45, 7) is 2.11. The highest BCUT2D eigenvalue weighted by atomic mass is 32.2. The van der Waals surface area contributed by atoms with Crippen molar-refractivity contribution in [2.24, 2.45) is 0 Å². The summed E-state index contributed by atoms with van der Waals surface area (Å²) in [5, 5.41) is 0. The van der Waals surface area contributed by atoms with Crippen molar-refractivity contribution in [3.8, 4) is 0 Å². The zero-order valence-electron chi connectivity index (χ0n) is 9.05. The standard InChI is InChI=1S/C11H14F3NS/c1-2-3-6-16-8-9-4-5-10(15-7-9)11(12,13)14/h4-5,7H,2-3,6,8H2,1H3. The number of hydrogen-bond acceptors (Lipinski definition) is 2. The Morgan fingerprint density at radius 1 is 1.31 bits per heavy atom. The van der Waals surface area contributed by atoms with Gasteiger partial charge < -0.3 is 0 Å². The van der Waals surface area contributed by atoms with Crippen LogP contribution >= 0.6 is 11.8 Å². The first kappa shape index (κ1) is 13.4. The lowest BCUT2D eigenvalue weighted by Crippen LogP contribution is -2.07. The molecule has 16 heavy (non-hydrogen) atoms. The van der Waals surface area contributed by atoms with Crippen LogP contribution in [0.5, 0.6) is 0 Å². The molecule has 1 rings (SSSR count). The fourth-order valence-electron chi connectivity index (χ4n) is 1.11. The minimum absolute atomic E-state index is 0.727. The Bertz CT molecular complexity index is 308. The van der Waals surface area contributed by atoms with E-state index in [1.165, 1.54) is 12.3 Å². The van der Waals surface area contributed by atoms with Crippen molar-refractivity contribution >= 4 is 11.8 Å². The van der Waals surface area contributed by atoms with Gasteiger partial charge in [-0.15, -0.1) is 0 Å². The summed E-state index contributed by atoms with van der Waals surface area (Å²) in [5.74, 6) is 1.77. The zero-order chi connectivity index (χ0) is 12.0. The molecule has 1 aromatic heterocycles. The molecule has 0 fully saturated rings. The van der Waals surface area contributed by atoms with Crippen LogP contribution in [0.15, 0.2) is 18.3 Å². The van der Waals surface area contributed by atoms with Gasteiger partial charge in [0.15, 0.2) is 0 Å². The monoisotopic (exact) mass is 249 g/mol. The lowest BCUT2D eigenvalue weighted by Gasteiger charge is -2.06. The van der Waals surface area contributed by atoms with Crippen molar-refractivity contribution in [2.75, 3.05) is 5.75 Å². The first-order valence-electron chi connectivity index (χ1n) is 5.14. The Kier molecular flexibility index (Phi) is 5.12. The lowest BCUT2D eigenvalue weighted by atomic mass is 10.3.